The van der Waals surface area contributed by atoms with Crippen molar-refractivity contribution >= 4 is 5.91 Å². The molecule has 0 aromatic carbocycles. The molecule has 1 fully saturated rings. The molecule has 0 radical (unpaired) electrons. The second-order valence-corrected chi connectivity index (χ2v) is 4.18. The van der Waals surface area contributed by atoms with Gasteiger partial charge in [0.05, 0.1) is 0 Å². The van der Waals surface area contributed by atoms with Gasteiger partial charge in [0, 0.05) is 12.6 Å². The van der Waals surface area contributed by atoms with Crippen LogP contribution in [0.5, 0.6) is 0 Å². The zero-order chi connectivity index (χ0) is 11.3. The van der Waals surface area contributed by atoms with Crippen LogP contribution < -0.4 is 5.32 Å². The van der Waals surface area contributed by atoms with Crippen LogP contribution >= 0.6 is 0 Å². The van der Waals surface area contributed by atoms with Crippen molar-refractivity contribution in [1.29, 1.82) is 0 Å². The number of hydrogen-bond donors (Lipinski definition) is 1. The van der Waals surface area contributed by atoms with E-state index in [1.54, 1.807) is 6.92 Å². The number of ether oxygens (including phenoxy) is 1. The van der Waals surface area contributed by atoms with Gasteiger partial charge in [0.1, 0.15) is 6.10 Å². The maximum absolute atomic E-state index is 11.6. The van der Waals surface area contributed by atoms with Gasteiger partial charge < -0.3 is 15.0 Å². The molecule has 1 aliphatic rings. The Morgan fingerprint density at radius 1 is 1.53 bits per heavy atom. The number of carbonyl (C=O) groups excluding carboxylic acids is 1. The summed E-state index contributed by atoms with van der Waals surface area (Å²) in [5.74, 6) is 0.0198. The van der Waals surface area contributed by atoms with Crippen LogP contribution in [0.25, 0.3) is 0 Å². The third kappa shape index (κ3) is 4.18. The summed E-state index contributed by atoms with van der Waals surface area (Å²) in [6, 6.07) is 0.330. The summed E-state index contributed by atoms with van der Waals surface area (Å²) in [7, 11) is 2.11. The first kappa shape index (κ1) is 12.5. The topological polar surface area (TPSA) is 41.6 Å². The fraction of sp³-hybridized carbons (Fsp3) is 0.909. The molecule has 1 heterocycles. The van der Waals surface area contributed by atoms with E-state index in [9.17, 15) is 4.79 Å². The Hall–Kier alpha value is -0.610. The smallest absolute Gasteiger partial charge is 0.249 e. The Morgan fingerprint density at radius 3 is 2.67 bits per heavy atom. The van der Waals surface area contributed by atoms with Gasteiger partial charge in [-0.2, -0.15) is 0 Å². The molecule has 1 saturated heterocycles. The van der Waals surface area contributed by atoms with Crippen molar-refractivity contribution in [3.8, 4) is 0 Å². The van der Waals surface area contributed by atoms with Crippen molar-refractivity contribution in [2.45, 2.75) is 38.8 Å². The molecule has 0 spiro atoms. The van der Waals surface area contributed by atoms with Crippen LogP contribution in [0.1, 0.15) is 26.7 Å². The lowest BCUT2D eigenvalue weighted by molar-refractivity contribution is -0.132. The molecule has 0 aromatic rings. The number of carbonyl (C=O) groups is 1. The molecule has 0 unspecified atom stereocenters. The maximum atomic E-state index is 11.6. The Labute approximate surface area is 92.0 Å². The first-order valence-electron chi connectivity index (χ1n) is 5.74. The number of amides is 1. The largest absolute Gasteiger partial charge is 0.369 e. The lowest BCUT2D eigenvalue weighted by Crippen LogP contribution is -2.46. The normalized spacial score (nSPS) is 21.3. The first-order chi connectivity index (χ1) is 7.13. The van der Waals surface area contributed by atoms with Crippen LogP contribution in [0, 0.1) is 0 Å². The van der Waals surface area contributed by atoms with E-state index < -0.39 is 0 Å². The molecule has 4 heteroatoms. The summed E-state index contributed by atoms with van der Waals surface area (Å²) < 4.78 is 5.24. The quantitative estimate of drug-likeness (QED) is 0.746. The summed E-state index contributed by atoms with van der Waals surface area (Å²) in [5.41, 5.74) is 0. The van der Waals surface area contributed by atoms with Gasteiger partial charge in [-0.3, -0.25) is 4.79 Å². The molecule has 0 aromatic heterocycles. The van der Waals surface area contributed by atoms with Gasteiger partial charge in [0.15, 0.2) is 0 Å². The third-order valence-corrected chi connectivity index (χ3v) is 2.85. The minimum atomic E-state index is -0.324. The van der Waals surface area contributed by atoms with Crippen LogP contribution in [0.15, 0.2) is 0 Å². The van der Waals surface area contributed by atoms with Gasteiger partial charge in [-0.05, 0) is 46.8 Å². The van der Waals surface area contributed by atoms with Crippen LogP contribution in [-0.4, -0.2) is 49.7 Å². The van der Waals surface area contributed by atoms with Crippen LogP contribution in [0.4, 0.5) is 0 Å². The van der Waals surface area contributed by atoms with Crippen molar-refractivity contribution in [3.05, 3.63) is 0 Å². The van der Waals surface area contributed by atoms with E-state index in [0.717, 1.165) is 25.9 Å². The number of rotatable bonds is 4. The lowest BCUT2D eigenvalue weighted by atomic mass is 10.1. The van der Waals surface area contributed by atoms with E-state index in [1.807, 2.05) is 6.92 Å². The monoisotopic (exact) mass is 214 g/mol. The van der Waals surface area contributed by atoms with Crippen molar-refractivity contribution < 1.29 is 9.53 Å². The van der Waals surface area contributed by atoms with Gasteiger partial charge >= 0.3 is 0 Å². The molecule has 1 N–H and O–H groups in total. The standard InChI is InChI=1S/C11H22N2O2/c1-4-15-9(2)11(14)12-10-5-7-13(3)8-6-10/h9-10H,4-8H2,1-3H3,(H,12,14)/t9-/m1/s1. The zero-order valence-electron chi connectivity index (χ0n) is 9.95. The minimum Gasteiger partial charge on any atom is -0.369 e. The highest BCUT2D eigenvalue weighted by Gasteiger charge is 2.21. The Kier molecular flexibility index (Phi) is 5.05. The average Bonchev–Trinajstić information content (AvgIpc) is 2.22. The molecule has 0 bridgehead atoms. The molecule has 1 atom stereocenters. The molecule has 1 aliphatic heterocycles. The van der Waals surface area contributed by atoms with Gasteiger partial charge in [-0.15, -0.1) is 0 Å². The van der Waals surface area contributed by atoms with Crippen LogP contribution in [-0.2, 0) is 9.53 Å². The number of likely N-dealkylation sites (tertiary alicyclic amines) is 1. The van der Waals surface area contributed by atoms with E-state index in [4.69, 9.17) is 4.74 Å². The van der Waals surface area contributed by atoms with Gasteiger partial charge in [0.25, 0.3) is 0 Å². The third-order valence-electron chi connectivity index (χ3n) is 2.85. The van der Waals surface area contributed by atoms with E-state index >= 15 is 0 Å². The second kappa shape index (κ2) is 6.08. The summed E-state index contributed by atoms with van der Waals surface area (Å²) in [4.78, 5) is 13.9. The molecule has 1 amide bonds. The van der Waals surface area contributed by atoms with Crippen molar-refractivity contribution in [2.24, 2.45) is 0 Å². The molecule has 88 valence electrons. The molecule has 1 rings (SSSR count). The molecule has 4 nitrogen and oxygen atoms in total. The highest BCUT2D eigenvalue weighted by Crippen LogP contribution is 2.08. The van der Waals surface area contributed by atoms with Crippen molar-refractivity contribution in [3.63, 3.8) is 0 Å². The SMILES string of the molecule is CCO[C@H](C)C(=O)NC1CCN(C)CC1. The summed E-state index contributed by atoms with van der Waals surface area (Å²) in [5, 5.41) is 3.03. The van der Waals surface area contributed by atoms with Crippen molar-refractivity contribution in [1.82, 2.24) is 10.2 Å². The van der Waals surface area contributed by atoms with E-state index in [1.165, 1.54) is 0 Å². The van der Waals surface area contributed by atoms with Crippen LogP contribution in [0.3, 0.4) is 0 Å². The predicted octanol–water partition coefficient (Wildman–Crippen LogP) is 0.622. The fourth-order valence-electron chi connectivity index (χ4n) is 1.80. The number of nitrogens with one attached hydrogen (secondary N) is 1. The van der Waals surface area contributed by atoms with Crippen LogP contribution in [0.2, 0.25) is 0 Å². The van der Waals surface area contributed by atoms with Crippen molar-refractivity contribution in [2.75, 3.05) is 26.7 Å². The number of nitrogens with zero attached hydrogens (tertiary/aromatic N) is 1. The summed E-state index contributed by atoms with van der Waals surface area (Å²) >= 11 is 0. The van der Waals surface area contributed by atoms with Gasteiger partial charge in [0.2, 0.25) is 5.91 Å². The second-order valence-electron chi connectivity index (χ2n) is 4.18. The Balaban J connectivity index is 2.25. The zero-order valence-corrected chi connectivity index (χ0v) is 9.95. The summed E-state index contributed by atoms with van der Waals surface area (Å²) in [6.45, 7) is 6.41. The molecule has 0 aliphatic carbocycles. The predicted molar refractivity (Wildman–Crippen MR) is 59.7 cm³/mol. The Morgan fingerprint density at radius 2 is 2.13 bits per heavy atom. The number of piperidine rings is 1. The van der Waals surface area contributed by atoms with E-state index in [2.05, 4.69) is 17.3 Å². The lowest BCUT2D eigenvalue weighted by Gasteiger charge is -2.30. The summed E-state index contributed by atoms with van der Waals surface area (Å²) in [6.07, 6.45) is 1.76. The number of hydrogen-bond acceptors (Lipinski definition) is 3. The highest BCUT2D eigenvalue weighted by atomic mass is 16.5. The first-order valence-corrected chi connectivity index (χ1v) is 5.74. The molecular formula is C11H22N2O2. The van der Waals surface area contributed by atoms with E-state index in [0.29, 0.717) is 12.6 Å². The van der Waals surface area contributed by atoms with Gasteiger partial charge in [-0.25, -0.2) is 0 Å². The van der Waals surface area contributed by atoms with Gasteiger partial charge in [-0.1, -0.05) is 0 Å². The minimum absolute atomic E-state index is 0.0198. The Bertz CT molecular complexity index is 201. The molecule has 15 heavy (non-hydrogen) atoms. The average molecular weight is 214 g/mol. The molecular weight excluding hydrogens is 192 g/mol. The van der Waals surface area contributed by atoms with E-state index in [-0.39, 0.29) is 12.0 Å². The highest BCUT2D eigenvalue weighted by molar-refractivity contribution is 5.80. The maximum Gasteiger partial charge on any atom is 0.249 e. The fourth-order valence-corrected chi connectivity index (χ4v) is 1.80. The molecule has 0 saturated carbocycles.